The molecule has 1 fully saturated rings. The van der Waals surface area contributed by atoms with Gasteiger partial charge < -0.3 is 10.2 Å². The summed E-state index contributed by atoms with van der Waals surface area (Å²) in [4.78, 5) is 4.07. The van der Waals surface area contributed by atoms with E-state index in [1.807, 2.05) is 6.07 Å². The predicted octanol–water partition coefficient (Wildman–Crippen LogP) is 2.44. The van der Waals surface area contributed by atoms with Crippen molar-refractivity contribution < 1.29 is 10.2 Å². The summed E-state index contributed by atoms with van der Waals surface area (Å²) in [6.07, 6.45) is 7.79. The average Bonchev–Trinajstić information content (AvgIpc) is 2.30. The fraction of sp³-hybridized carbons (Fsp3) is 0.615. The second kappa shape index (κ2) is 5.46. The summed E-state index contributed by atoms with van der Waals surface area (Å²) < 4.78 is 0.901. The summed E-state index contributed by atoms with van der Waals surface area (Å²) in [7, 11) is 0. The number of aliphatic hydroxyl groups is 2. The van der Waals surface area contributed by atoms with Crippen molar-refractivity contribution >= 4 is 15.9 Å². The Hall–Kier alpha value is -0.450. The predicted molar refractivity (Wildman–Crippen MR) is 69.7 cm³/mol. The molecule has 3 nitrogen and oxygen atoms in total. The number of hydrogen-bond acceptors (Lipinski definition) is 3. The first-order valence-corrected chi connectivity index (χ1v) is 6.89. The maximum atomic E-state index is 10.4. The number of halogens is 1. The third-order valence-electron chi connectivity index (χ3n) is 3.53. The normalized spacial score (nSPS) is 21.1. The smallest absolute Gasteiger partial charge is 0.0908 e. The van der Waals surface area contributed by atoms with Gasteiger partial charge in [0.2, 0.25) is 0 Å². The van der Waals surface area contributed by atoms with E-state index in [9.17, 15) is 10.2 Å². The standard InChI is InChI=1S/C13H18BrNO2/c14-11-6-10(8-15-9-11)7-12(16)13(17)4-2-1-3-5-13/h6,8-9,12,16-17H,1-5,7H2. The van der Waals surface area contributed by atoms with Crippen molar-refractivity contribution in [2.45, 2.75) is 50.2 Å². The number of hydrogen-bond donors (Lipinski definition) is 2. The lowest BCUT2D eigenvalue weighted by Gasteiger charge is -2.36. The van der Waals surface area contributed by atoms with Crippen LogP contribution in [0, 0.1) is 0 Å². The number of aliphatic hydroxyl groups excluding tert-OH is 1. The van der Waals surface area contributed by atoms with Crippen molar-refractivity contribution in [3.8, 4) is 0 Å². The summed E-state index contributed by atoms with van der Waals surface area (Å²) in [6, 6.07) is 1.93. The number of nitrogens with zero attached hydrogens (tertiary/aromatic N) is 1. The van der Waals surface area contributed by atoms with Gasteiger partial charge >= 0.3 is 0 Å². The molecule has 1 atom stereocenters. The highest BCUT2D eigenvalue weighted by molar-refractivity contribution is 9.10. The van der Waals surface area contributed by atoms with Crippen LogP contribution in [0.25, 0.3) is 0 Å². The van der Waals surface area contributed by atoms with Crippen molar-refractivity contribution in [1.82, 2.24) is 4.98 Å². The molecule has 17 heavy (non-hydrogen) atoms. The van der Waals surface area contributed by atoms with E-state index in [2.05, 4.69) is 20.9 Å². The lowest BCUT2D eigenvalue weighted by Crippen LogP contribution is -2.45. The molecule has 1 aromatic rings. The molecule has 2 N–H and O–H groups in total. The van der Waals surface area contributed by atoms with Crippen LogP contribution in [0.15, 0.2) is 22.9 Å². The summed E-state index contributed by atoms with van der Waals surface area (Å²) in [5.41, 5.74) is 0.0477. The summed E-state index contributed by atoms with van der Waals surface area (Å²) in [5.74, 6) is 0. The average molecular weight is 300 g/mol. The Balaban J connectivity index is 2.02. The van der Waals surface area contributed by atoms with Crippen molar-refractivity contribution in [1.29, 1.82) is 0 Å². The van der Waals surface area contributed by atoms with Crippen molar-refractivity contribution in [2.24, 2.45) is 0 Å². The summed E-state index contributed by atoms with van der Waals surface area (Å²) in [5, 5.41) is 20.6. The lowest BCUT2D eigenvalue weighted by molar-refractivity contribution is -0.0960. The van der Waals surface area contributed by atoms with Gasteiger partial charge in [-0.25, -0.2) is 0 Å². The molecule has 0 amide bonds. The minimum Gasteiger partial charge on any atom is -0.390 e. The fourth-order valence-electron chi connectivity index (χ4n) is 2.48. The quantitative estimate of drug-likeness (QED) is 0.901. The molecule has 0 bridgehead atoms. The Morgan fingerprint density at radius 3 is 2.65 bits per heavy atom. The summed E-state index contributed by atoms with van der Waals surface area (Å²) in [6.45, 7) is 0. The van der Waals surface area contributed by atoms with Gasteiger partial charge in [-0.2, -0.15) is 0 Å². The second-order valence-electron chi connectivity index (χ2n) is 4.90. The van der Waals surface area contributed by atoms with Gasteiger partial charge in [-0.1, -0.05) is 19.3 Å². The third kappa shape index (κ3) is 3.27. The van der Waals surface area contributed by atoms with E-state index < -0.39 is 11.7 Å². The van der Waals surface area contributed by atoms with Crippen LogP contribution in [0.1, 0.15) is 37.7 Å². The molecule has 1 heterocycles. The first-order chi connectivity index (χ1) is 8.10. The van der Waals surface area contributed by atoms with E-state index in [0.29, 0.717) is 19.3 Å². The second-order valence-corrected chi connectivity index (χ2v) is 5.81. The van der Waals surface area contributed by atoms with Crippen LogP contribution in [-0.4, -0.2) is 26.9 Å². The maximum Gasteiger partial charge on any atom is 0.0908 e. The molecular weight excluding hydrogens is 282 g/mol. The SMILES string of the molecule is OC(Cc1cncc(Br)c1)C1(O)CCCCC1. The van der Waals surface area contributed by atoms with Crippen LogP contribution < -0.4 is 0 Å². The molecule has 0 aliphatic heterocycles. The van der Waals surface area contributed by atoms with E-state index in [4.69, 9.17) is 0 Å². The maximum absolute atomic E-state index is 10.4. The van der Waals surface area contributed by atoms with Crippen LogP contribution in [0.3, 0.4) is 0 Å². The Morgan fingerprint density at radius 2 is 2.00 bits per heavy atom. The third-order valence-corrected chi connectivity index (χ3v) is 3.96. The van der Waals surface area contributed by atoms with Gasteiger partial charge in [0.25, 0.3) is 0 Å². The van der Waals surface area contributed by atoms with Crippen molar-refractivity contribution in [2.75, 3.05) is 0 Å². The Bertz CT molecular complexity index is 377. The van der Waals surface area contributed by atoms with Gasteiger partial charge in [-0.15, -0.1) is 0 Å². The van der Waals surface area contributed by atoms with Crippen molar-refractivity contribution in [3.05, 3.63) is 28.5 Å². The van der Waals surface area contributed by atoms with Gasteiger partial charge in [-0.05, 0) is 40.4 Å². The topological polar surface area (TPSA) is 53.4 Å². The summed E-state index contributed by atoms with van der Waals surface area (Å²) >= 11 is 3.35. The molecule has 0 radical (unpaired) electrons. The Morgan fingerprint density at radius 1 is 1.29 bits per heavy atom. The zero-order chi connectivity index (χ0) is 12.3. The lowest BCUT2D eigenvalue weighted by atomic mass is 9.79. The number of pyridine rings is 1. The highest BCUT2D eigenvalue weighted by atomic mass is 79.9. The molecule has 94 valence electrons. The molecule has 1 unspecified atom stereocenters. The highest BCUT2D eigenvalue weighted by Gasteiger charge is 2.36. The van der Waals surface area contributed by atoms with Gasteiger partial charge in [-0.3, -0.25) is 4.98 Å². The first kappa shape index (κ1) is 13.0. The van der Waals surface area contributed by atoms with Crippen LogP contribution in [0.4, 0.5) is 0 Å². The Kier molecular flexibility index (Phi) is 4.17. The minimum absolute atomic E-state index is 0.461. The molecule has 1 aromatic heterocycles. The molecule has 1 aliphatic rings. The van der Waals surface area contributed by atoms with Gasteiger partial charge in [0.05, 0.1) is 11.7 Å². The highest BCUT2D eigenvalue weighted by Crippen LogP contribution is 2.32. The molecule has 1 aliphatic carbocycles. The number of rotatable bonds is 3. The first-order valence-electron chi connectivity index (χ1n) is 6.10. The zero-order valence-electron chi connectivity index (χ0n) is 9.77. The van der Waals surface area contributed by atoms with Gasteiger partial charge in [0.1, 0.15) is 0 Å². The zero-order valence-corrected chi connectivity index (χ0v) is 11.4. The van der Waals surface area contributed by atoms with Crippen LogP contribution in [-0.2, 0) is 6.42 Å². The fourth-order valence-corrected chi connectivity index (χ4v) is 2.89. The van der Waals surface area contributed by atoms with Crippen LogP contribution in [0.5, 0.6) is 0 Å². The molecule has 0 saturated heterocycles. The van der Waals surface area contributed by atoms with E-state index in [0.717, 1.165) is 29.3 Å². The van der Waals surface area contributed by atoms with E-state index >= 15 is 0 Å². The van der Waals surface area contributed by atoms with E-state index in [1.165, 1.54) is 0 Å². The van der Waals surface area contributed by atoms with E-state index in [-0.39, 0.29) is 0 Å². The Labute approximate surface area is 110 Å². The molecule has 1 saturated carbocycles. The molecule has 0 spiro atoms. The van der Waals surface area contributed by atoms with Crippen LogP contribution >= 0.6 is 15.9 Å². The molecule has 0 aromatic carbocycles. The van der Waals surface area contributed by atoms with Crippen LogP contribution in [0.2, 0.25) is 0 Å². The number of aromatic nitrogens is 1. The molecule has 4 heteroatoms. The monoisotopic (exact) mass is 299 g/mol. The largest absolute Gasteiger partial charge is 0.390 e. The van der Waals surface area contributed by atoms with Gasteiger partial charge in [0.15, 0.2) is 0 Å². The van der Waals surface area contributed by atoms with Crippen molar-refractivity contribution in [3.63, 3.8) is 0 Å². The van der Waals surface area contributed by atoms with E-state index in [1.54, 1.807) is 12.4 Å². The van der Waals surface area contributed by atoms with Gasteiger partial charge in [0, 0.05) is 23.3 Å². The molecule has 2 rings (SSSR count). The minimum atomic E-state index is -0.902. The molecular formula is C13H18BrNO2.